The first-order valence-corrected chi connectivity index (χ1v) is 11.8. The lowest BCUT2D eigenvalue weighted by molar-refractivity contribution is 0.170. The Balaban J connectivity index is 1.66. The van der Waals surface area contributed by atoms with Gasteiger partial charge in [0.05, 0.1) is 20.3 Å². The Morgan fingerprint density at radius 1 is 0.909 bits per heavy atom. The van der Waals surface area contributed by atoms with Crippen LogP contribution in [-0.4, -0.2) is 31.7 Å². The van der Waals surface area contributed by atoms with Gasteiger partial charge in [0, 0.05) is 19.4 Å². The van der Waals surface area contributed by atoms with Crippen LogP contribution in [0.15, 0.2) is 91.0 Å². The summed E-state index contributed by atoms with van der Waals surface area (Å²) in [4.78, 5) is 2.67. The van der Waals surface area contributed by atoms with Gasteiger partial charge in [-0.3, -0.25) is 4.90 Å². The van der Waals surface area contributed by atoms with Gasteiger partial charge in [0.2, 0.25) is 0 Å². The number of allylic oxidation sites excluding steroid dienone is 1. The van der Waals surface area contributed by atoms with E-state index in [4.69, 9.17) is 10.8 Å². The van der Waals surface area contributed by atoms with Crippen molar-refractivity contribution in [1.29, 1.82) is 0 Å². The first-order valence-electron chi connectivity index (χ1n) is 12.5. The molecule has 3 atom stereocenters. The van der Waals surface area contributed by atoms with E-state index in [0.717, 1.165) is 30.9 Å². The zero-order valence-electron chi connectivity index (χ0n) is 20.5. The van der Waals surface area contributed by atoms with Gasteiger partial charge in [-0.2, -0.15) is 0 Å². The van der Waals surface area contributed by atoms with Crippen LogP contribution in [0.4, 0.5) is 0 Å². The van der Waals surface area contributed by atoms with E-state index >= 15 is 0 Å². The average Bonchev–Trinajstić information content (AvgIpc) is 3.25. The third-order valence-corrected chi connectivity index (χ3v) is 7.50. The van der Waals surface area contributed by atoms with Gasteiger partial charge in [0.1, 0.15) is 0 Å². The number of hydrogen-bond donors (Lipinski definition) is 0. The van der Waals surface area contributed by atoms with Gasteiger partial charge < -0.3 is 9.47 Å². The number of benzene rings is 3. The Morgan fingerprint density at radius 3 is 2.18 bits per heavy atom. The molecule has 1 fully saturated rings. The van der Waals surface area contributed by atoms with Crippen LogP contribution in [0.3, 0.4) is 0 Å². The summed E-state index contributed by atoms with van der Waals surface area (Å²) in [6.07, 6.45) is 6.84. The van der Waals surface area contributed by atoms with E-state index in [0.29, 0.717) is 6.90 Å². The number of hydrogen-bond acceptors (Lipinski definition) is 3. The predicted molar refractivity (Wildman–Crippen MR) is 134 cm³/mol. The van der Waals surface area contributed by atoms with Crippen molar-refractivity contribution in [3.8, 4) is 11.5 Å². The van der Waals surface area contributed by atoms with Gasteiger partial charge in [-0.1, -0.05) is 85.8 Å². The molecule has 3 nitrogen and oxygen atoms in total. The lowest BCUT2D eigenvalue weighted by Crippen LogP contribution is -2.45. The van der Waals surface area contributed by atoms with Crippen LogP contribution >= 0.6 is 0 Å². The first-order chi connectivity index (χ1) is 16.7. The van der Waals surface area contributed by atoms with Gasteiger partial charge in [0.15, 0.2) is 11.5 Å². The second-order valence-corrected chi connectivity index (χ2v) is 9.12. The monoisotopic (exact) mass is 440 g/mol. The van der Waals surface area contributed by atoms with Crippen LogP contribution in [0.1, 0.15) is 43.8 Å². The van der Waals surface area contributed by atoms with E-state index in [-0.39, 0.29) is 23.4 Å². The van der Waals surface area contributed by atoms with E-state index < -0.39 is 0 Å². The highest BCUT2D eigenvalue weighted by atomic mass is 16.5. The minimum Gasteiger partial charge on any atom is -0.493 e. The standard InChI is InChI=1S/C30H33NO2/c1-22-21-31(29(23-12-6-4-7-13-23)24-14-8-5-9-15-24)28-16-10-11-19-30(22,28)25-17-18-26(32-2)27(20-25)33-3/h4-9,11-15,17-20,22,28-29H,10,16,21H2,1-3H3/t22-,28-,30-/m0/s1/i1D. The van der Waals surface area contributed by atoms with Crippen LogP contribution in [0.2, 0.25) is 0 Å². The van der Waals surface area contributed by atoms with Gasteiger partial charge >= 0.3 is 0 Å². The number of rotatable bonds is 6. The molecule has 1 saturated heterocycles. The molecule has 0 spiro atoms. The Hall–Kier alpha value is -3.04. The molecule has 3 aromatic carbocycles. The highest BCUT2D eigenvalue weighted by Crippen LogP contribution is 2.53. The van der Waals surface area contributed by atoms with E-state index in [1.54, 1.807) is 14.2 Å². The van der Waals surface area contributed by atoms with Crippen LogP contribution in [0, 0.1) is 5.92 Å². The number of likely N-dealkylation sites (tertiary alicyclic amines) is 1. The van der Waals surface area contributed by atoms with Crippen LogP contribution in [-0.2, 0) is 5.41 Å². The van der Waals surface area contributed by atoms with Gasteiger partial charge in [0.25, 0.3) is 0 Å². The van der Waals surface area contributed by atoms with Crippen LogP contribution in [0.5, 0.6) is 11.5 Å². The molecule has 33 heavy (non-hydrogen) atoms. The molecule has 2 aliphatic rings. The Bertz CT molecular complexity index is 1090. The summed E-state index contributed by atoms with van der Waals surface area (Å²) in [6.45, 7) is 1.25. The molecule has 1 aliphatic heterocycles. The van der Waals surface area contributed by atoms with E-state index in [9.17, 15) is 0 Å². The minimum atomic E-state index is -0.235. The molecule has 0 amide bonds. The molecule has 5 rings (SSSR count). The second kappa shape index (κ2) is 9.07. The Morgan fingerprint density at radius 2 is 1.58 bits per heavy atom. The molecular formula is C30H33NO2. The highest BCUT2D eigenvalue weighted by molar-refractivity contribution is 5.49. The summed E-state index contributed by atoms with van der Waals surface area (Å²) in [6, 6.07) is 28.4. The minimum absolute atomic E-state index is 0.148. The fraction of sp³-hybridized carbons (Fsp3) is 0.333. The van der Waals surface area contributed by atoms with Gasteiger partial charge in [-0.15, -0.1) is 0 Å². The predicted octanol–water partition coefficient (Wildman–Crippen LogP) is 6.40. The van der Waals surface area contributed by atoms with Crippen molar-refractivity contribution < 1.29 is 10.8 Å². The smallest absolute Gasteiger partial charge is 0.161 e. The van der Waals surface area contributed by atoms with E-state index in [1.807, 2.05) is 6.07 Å². The molecule has 0 unspecified atom stereocenters. The van der Waals surface area contributed by atoms with Crippen molar-refractivity contribution in [3.63, 3.8) is 0 Å². The number of nitrogens with zero attached hydrogens (tertiary/aromatic N) is 1. The maximum Gasteiger partial charge on any atom is 0.161 e. The van der Waals surface area contributed by atoms with Gasteiger partial charge in [-0.05, 0) is 47.6 Å². The van der Waals surface area contributed by atoms with Gasteiger partial charge in [-0.25, -0.2) is 0 Å². The number of ether oxygens (including phenoxy) is 2. The van der Waals surface area contributed by atoms with Crippen LogP contribution < -0.4 is 9.47 Å². The third-order valence-electron chi connectivity index (χ3n) is 7.50. The fourth-order valence-corrected chi connectivity index (χ4v) is 6.02. The van der Waals surface area contributed by atoms with Crippen LogP contribution in [0.25, 0.3) is 0 Å². The van der Waals surface area contributed by atoms with E-state index in [1.165, 1.54) is 16.7 Å². The van der Waals surface area contributed by atoms with Crippen molar-refractivity contribution >= 4 is 0 Å². The summed E-state index contributed by atoms with van der Waals surface area (Å²) >= 11 is 0. The largest absolute Gasteiger partial charge is 0.493 e. The Labute approximate surface area is 199 Å². The molecule has 0 aromatic heterocycles. The number of fused-ring (bicyclic) bond motifs is 1. The molecule has 1 heterocycles. The van der Waals surface area contributed by atoms with E-state index in [2.05, 4.69) is 89.8 Å². The molecular weight excluding hydrogens is 406 g/mol. The molecule has 170 valence electrons. The third kappa shape index (κ3) is 3.65. The molecule has 0 bridgehead atoms. The van der Waals surface area contributed by atoms with Crippen molar-refractivity contribution in [2.45, 2.75) is 37.2 Å². The summed E-state index contributed by atoms with van der Waals surface area (Å²) < 4.78 is 19.8. The van der Waals surface area contributed by atoms with Crippen molar-refractivity contribution in [2.75, 3.05) is 20.8 Å². The summed E-state index contributed by atoms with van der Waals surface area (Å²) in [5.74, 6) is 1.67. The number of methoxy groups -OCH3 is 2. The summed E-state index contributed by atoms with van der Waals surface area (Å²) in [7, 11) is 3.37. The Kier molecular flexibility index (Phi) is 5.65. The zero-order chi connectivity index (χ0) is 23.5. The quantitative estimate of drug-likeness (QED) is 0.414. The maximum atomic E-state index is 8.60. The SMILES string of the molecule is [2H]C[C@H]1CN(C(c2ccccc2)c2ccccc2)[C@H]2CCC=C[C@@]12c1ccc(OC)c(OC)c1. The molecule has 0 saturated carbocycles. The van der Waals surface area contributed by atoms with Crippen molar-refractivity contribution in [3.05, 3.63) is 108 Å². The fourth-order valence-electron chi connectivity index (χ4n) is 6.02. The normalized spacial score (nSPS) is 25.0. The molecule has 3 heteroatoms. The zero-order valence-corrected chi connectivity index (χ0v) is 19.5. The topological polar surface area (TPSA) is 21.7 Å². The maximum absolute atomic E-state index is 8.60. The summed E-state index contributed by atoms with van der Waals surface area (Å²) in [5, 5.41) is 0. The second-order valence-electron chi connectivity index (χ2n) is 9.12. The van der Waals surface area contributed by atoms with Crippen molar-refractivity contribution in [2.24, 2.45) is 5.92 Å². The van der Waals surface area contributed by atoms with Crippen molar-refractivity contribution in [1.82, 2.24) is 4.90 Å². The highest BCUT2D eigenvalue weighted by Gasteiger charge is 2.54. The lowest BCUT2D eigenvalue weighted by Gasteiger charge is -2.43. The average molecular weight is 441 g/mol. The molecule has 3 aromatic rings. The lowest BCUT2D eigenvalue weighted by atomic mass is 9.65. The molecule has 0 N–H and O–H groups in total. The molecule has 0 radical (unpaired) electrons. The molecule has 1 aliphatic carbocycles. The summed E-state index contributed by atoms with van der Waals surface area (Å²) in [5.41, 5.74) is 3.58. The first kappa shape index (κ1) is 20.6.